The topological polar surface area (TPSA) is 12.0 Å². The normalized spacial score (nSPS) is 49.7. The van der Waals surface area contributed by atoms with Crippen LogP contribution in [0.25, 0.3) is 0 Å². The third-order valence-electron chi connectivity index (χ3n) is 3.08. The molecule has 1 heteroatoms. The lowest BCUT2D eigenvalue weighted by molar-refractivity contribution is 0.0548. The van der Waals surface area contributed by atoms with E-state index in [1.54, 1.807) is 0 Å². The lowest BCUT2D eigenvalue weighted by Gasteiger charge is -2.46. The molecule has 2 aliphatic rings. The first-order valence-corrected chi connectivity index (χ1v) is 4.08. The van der Waals surface area contributed by atoms with Gasteiger partial charge in [0.05, 0.1) is 0 Å². The van der Waals surface area contributed by atoms with E-state index in [0.717, 1.165) is 17.8 Å². The van der Waals surface area contributed by atoms with E-state index >= 15 is 0 Å². The molecule has 0 aromatic heterocycles. The zero-order valence-electron chi connectivity index (χ0n) is 6.06. The van der Waals surface area contributed by atoms with Crippen molar-refractivity contribution in [1.29, 1.82) is 0 Å². The molecular formula is C8H15N. The number of fused-ring (bicyclic) bond motifs is 1. The SMILES string of the molecule is CC1CC2CCNCC12. The van der Waals surface area contributed by atoms with E-state index in [2.05, 4.69) is 12.2 Å². The lowest BCUT2D eigenvalue weighted by Crippen LogP contribution is -2.47. The Morgan fingerprint density at radius 1 is 1.44 bits per heavy atom. The summed E-state index contributed by atoms with van der Waals surface area (Å²) in [6, 6.07) is 0. The fourth-order valence-corrected chi connectivity index (χ4v) is 2.35. The summed E-state index contributed by atoms with van der Waals surface area (Å²) in [5, 5.41) is 3.45. The van der Waals surface area contributed by atoms with Gasteiger partial charge in [0.25, 0.3) is 0 Å². The van der Waals surface area contributed by atoms with Gasteiger partial charge in [-0.05, 0) is 43.7 Å². The second-order valence-corrected chi connectivity index (χ2v) is 3.63. The summed E-state index contributed by atoms with van der Waals surface area (Å²) in [6.07, 6.45) is 2.95. The smallest absolute Gasteiger partial charge is 0.00153 e. The maximum atomic E-state index is 3.45. The molecule has 0 bridgehead atoms. The van der Waals surface area contributed by atoms with Gasteiger partial charge in [0.1, 0.15) is 0 Å². The maximum absolute atomic E-state index is 3.45. The Labute approximate surface area is 56.8 Å². The fourth-order valence-electron chi connectivity index (χ4n) is 2.35. The Morgan fingerprint density at radius 3 is 2.89 bits per heavy atom. The molecule has 1 N–H and O–H groups in total. The molecule has 1 heterocycles. The minimum Gasteiger partial charge on any atom is -0.316 e. The van der Waals surface area contributed by atoms with Crippen LogP contribution in [0.2, 0.25) is 0 Å². The van der Waals surface area contributed by atoms with Crippen LogP contribution in [0.15, 0.2) is 0 Å². The fraction of sp³-hybridized carbons (Fsp3) is 1.00. The summed E-state index contributed by atoms with van der Waals surface area (Å²) < 4.78 is 0. The van der Waals surface area contributed by atoms with Crippen molar-refractivity contribution in [1.82, 2.24) is 5.32 Å². The Hall–Kier alpha value is -0.0400. The third-order valence-corrected chi connectivity index (χ3v) is 3.08. The van der Waals surface area contributed by atoms with Crippen LogP contribution in [0.1, 0.15) is 19.8 Å². The highest BCUT2D eigenvalue weighted by Crippen LogP contribution is 2.42. The summed E-state index contributed by atoms with van der Waals surface area (Å²) in [4.78, 5) is 0. The largest absolute Gasteiger partial charge is 0.316 e. The summed E-state index contributed by atoms with van der Waals surface area (Å²) >= 11 is 0. The van der Waals surface area contributed by atoms with E-state index in [0.29, 0.717) is 0 Å². The minimum absolute atomic E-state index is 1.02. The maximum Gasteiger partial charge on any atom is -0.00153 e. The Balaban J connectivity index is 1.94. The highest BCUT2D eigenvalue weighted by molar-refractivity contribution is 4.90. The van der Waals surface area contributed by atoms with E-state index in [-0.39, 0.29) is 0 Å². The average molecular weight is 125 g/mol. The summed E-state index contributed by atoms with van der Waals surface area (Å²) in [5.41, 5.74) is 0. The van der Waals surface area contributed by atoms with Crippen LogP contribution in [0.3, 0.4) is 0 Å². The monoisotopic (exact) mass is 125 g/mol. The van der Waals surface area contributed by atoms with Crippen molar-refractivity contribution in [2.24, 2.45) is 17.8 Å². The molecule has 1 aliphatic carbocycles. The molecule has 1 nitrogen and oxygen atoms in total. The molecule has 1 saturated heterocycles. The number of rotatable bonds is 0. The van der Waals surface area contributed by atoms with Crippen molar-refractivity contribution in [2.75, 3.05) is 13.1 Å². The first-order valence-electron chi connectivity index (χ1n) is 4.08. The van der Waals surface area contributed by atoms with Gasteiger partial charge >= 0.3 is 0 Å². The zero-order valence-corrected chi connectivity index (χ0v) is 6.06. The molecular weight excluding hydrogens is 110 g/mol. The molecule has 0 spiro atoms. The molecule has 2 rings (SSSR count). The minimum atomic E-state index is 1.02. The number of hydrogen-bond donors (Lipinski definition) is 1. The summed E-state index contributed by atoms with van der Waals surface area (Å²) in [6.45, 7) is 4.95. The highest BCUT2D eigenvalue weighted by atomic mass is 14.9. The van der Waals surface area contributed by atoms with Crippen molar-refractivity contribution in [3.8, 4) is 0 Å². The average Bonchev–Trinajstić information content (AvgIpc) is 1.86. The second-order valence-electron chi connectivity index (χ2n) is 3.63. The van der Waals surface area contributed by atoms with Crippen molar-refractivity contribution >= 4 is 0 Å². The van der Waals surface area contributed by atoms with Gasteiger partial charge in [-0.2, -0.15) is 0 Å². The van der Waals surface area contributed by atoms with Gasteiger partial charge in [-0.1, -0.05) is 6.92 Å². The van der Waals surface area contributed by atoms with Crippen LogP contribution >= 0.6 is 0 Å². The summed E-state index contributed by atoms with van der Waals surface area (Å²) in [5.74, 6) is 3.16. The van der Waals surface area contributed by atoms with E-state index in [4.69, 9.17) is 0 Å². The molecule has 0 radical (unpaired) electrons. The first-order chi connectivity index (χ1) is 4.38. The Bertz CT molecular complexity index is 109. The summed E-state index contributed by atoms with van der Waals surface area (Å²) in [7, 11) is 0. The van der Waals surface area contributed by atoms with Gasteiger partial charge in [-0.25, -0.2) is 0 Å². The van der Waals surface area contributed by atoms with Crippen LogP contribution in [0.5, 0.6) is 0 Å². The van der Waals surface area contributed by atoms with Gasteiger partial charge in [0.15, 0.2) is 0 Å². The van der Waals surface area contributed by atoms with Crippen LogP contribution in [0, 0.1) is 17.8 Å². The van der Waals surface area contributed by atoms with Gasteiger partial charge in [0.2, 0.25) is 0 Å². The predicted molar refractivity (Wildman–Crippen MR) is 38.2 cm³/mol. The second kappa shape index (κ2) is 1.98. The molecule has 0 aromatic carbocycles. The standard InChI is InChI=1S/C8H15N/c1-6-4-7-2-3-9-5-8(6)7/h6-9H,2-5H2,1H3. The van der Waals surface area contributed by atoms with Crippen LogP contribution in [-0.4, -0.2) is 13.1 Å². The third kappa shape index (κ3) is 0.787. The molecule has 52 valence electrons. The van der Waals surface area contributed by atoms with E-state index < -0.39 is 0 Å². The molecule has 1 aliphatic heterocycles. The molecule has 3 unspecified atom stereocenters. The van der Waals surface area contributed by atoms with Gasteiger partial charge in [-0.3, -0.25) is 0 Å². The Morgan fingerprint density at radius 2 is 2.33 bits per heavy atom. The van der Waals surface area contributed by atoms with Crippen LogP contribution in [0.4, 0.5) is 0 Å². The van der Waals surface area contributed by atoms with Crippen LogP contribution in [-0.2, 0) is 0 Å². The Kier molecular flexibility index (Phi) is 1.26. The molecule has 0 aromatic rings. The lowest BCUT2D eigenvalue weighted by atomic mass is 9.63. The molecule has 0 amide bonds. The van der Waals surface area contributed by atoms with Gasteiger partial charge < -0.3 is 5.32 Å². The van der Waals surface area contributed by atoms with Crippen molar-refractivity contribution in [2.45, 2.75) is 19.8 Å². The quantitative estimate of drug-likeness (QED) is 0.514. The van der Waals surface area contributed by atoms with Gasteiger partial charge in [0, 0.05) is 0 Å². The number of piperidine rings is 1. The van der Waals surface area contributed by atoms with Crippen molar-refractivity contribution in [3.05, 3.63) is 0 Å². The molecule has 3 atom stereocenters. The van der Waals surface area contributed by atoms with E-state index in [9.17, 15) is 0 Å². The van der Waals surface area contributed by atoms with Crippen LogP contribution < -0.4 is 5.32 Å². The van der Waals surface area contributed by atoms with Crippen molar-refractivity contribution < 1.29 is 0 Å². The van der Waals surface area contributed by atoms with Gasteiger partial charge in [-0.15, -0.1) is 0 Å². The zero-order chi connectivity index (χ0) is 6.27. The van der Waals surface area contributed by atoms with E-state index in [1.165, 1.54) is 25.9 Å². The molecule has 9 heavy (non-hydrogen) atoms. The predicted octanol–water partition coefficient (Wildman–Crippen LogP) is 1.25. The first kappa shape index (κ1) is 5.72. The highest BCUT2D eigenvalue weighted by Gasteiger charge is 2.38. The number of hydrogen-bond acceptors (Lipinski definition) is 1. The number of nitrogens with one attached hydrogen (secondary N) is 1. The molecule has 2 fully saturated rings. The van der Waals surface area contributed by atoms with E-state index in [1.807, 2.05) is 0 Å². The molecule has 1 saturated carbocycles. The van der Waals surface area contributed by atoms with Crippen molar-refractivity contribution in [3.63, 3.8) is 0 Å².